The Morgan fingerprint density at radius 1 is 1.17 bits per heavy atom. The average Bonchev–Trinajstić information content (AvgIpc) is 3.27. The normalized spacial score (nSPS) is 17.0. The van der Waals surface area contributed by atoms with Gasteiger partial charge in [0.2, 0.25) is 5.95 Å². The number of pyridine rings is 3. The van der Waals surface area contributed by atoms with Crippen molar-refractivity contribution in [3.05, 3.63) is 54.7 Å². The van der Waals surface area contributed by atoms with Gasteiger partial charge in [-0.3, -0.25) is 10.1 Å². The van der Waals surface area contributed by atoms with Gasteiger partial charge in [-0.15, -0.1) is 0 Å². The van der Waals surface area contributed by atoms with Gasteiger partial charge in [0.15, 0.2) is 0 Å². The van der Waals surface area contributed by atoms with E-state index in [4.69, 9.17) is 9.72 Å². The summed E-state index contributed by atoms with van der Waals surface area (Å²) < 4.78 is 19.5. The van der Waals surface area contributed by atoms with Crippen molar-refractivity contribution >= 4 is 16.7 Å². The number of morpholine rings is 1. The maximum atomic E-state index is 13.9. The lowest BCUT2D eigenvalue weighted by atomic mass is 10.0. The van der Waals surface area contributed by atoms with E-state index in [-0.39, 0.29) is 6.04 Å². The fourth-order valence-electron chi connectivity index (χ4n) is 3.71. The quantitative estimate of drug-likeness (QED) is 0.540. The second-order valence-corrected chi connectivity index (χ2v) is 7.02. The molecule has 4 aromatic rings. The fraction of sp³-hybridized carbons (Fsp3) is 0.238. The molecule has 7 nitrogen and oxygen atoms in total. The Labute approximate surface area is 166 Å². The SMILES string of the molecule is C[C@@H]1COCCN1c1cc(-c2cccc(F)n2)c2ccnc(-c3ccn[nH]3)c2n1. The summed E-state index contributed by atoms with van der Waals surface area (Å²) in [5, 5.41) is 7.85. The molecule has 1 saturated heterocycles. The zero-order valence-electron chi connectivity index (χ0n) is 15.8. The number of anilines is 1. The van der Waals surface area contributed by atoms with Gasteiger partial charge >= 0.3 is 0 Å². The molecule has 4 aromatic heterocycles. The first kappa shape index (κ1) is 17.7. The number of ether oxygens (including phenoxy) is 1. The Balaban J connectivity index is 1.79. The Bertz CT molecular complexity index is 1160. The molecular formula is C21H19FN6O. The van der Waals surface area contributed by atoms with Crippen molar-refractivity contribution in [3.63, 3.8) is 0 Å². The van der Waals surface area contributed by atoms with E-state index in [1.807, 2.05) is 18.2 Å². The zero-order chi connectivity index (χ0) is 19.8. The zero-order valence-corrected chi connectivity index (χ0v) is 15.8. The van der Waals surface area contributed by atoms with Crippen molar-refractivity contribution in [1.29, 1.82) is 0 Å². The van der Waals surface area contributed by atoms with E-state index in [2.05, 4.69) is 32.0 Å². The first-order valence-corrected chi connectivity index (χ1v) is 9.47. The number of H-pyrrole nitrogens is 1. The van der Waals surface area contributed by atoms with Gasteiger partial charge in [-0.1, -0.05) is 6.07 Å². The van der Waals surface area contributed by atoms with Gasteiger partial charge in [0.25, 0.3) is 0 Å². The number of nitrogens with one attached hydrogen (secondary N) is 1. The van der Waals surface area contributed by atoms with Crippen LogP contribution >= 0.6 is 0 Å². The first-order valence-electron chi connectivity index (χ1n) is 9.47. The summed E-state index contributed by atoms with van der Waals surface area (Å²) in [6, 6.07) is 10.7. The maximum absolute atomic E-state index is 13.9. The van der Waals surface area contributed by atoms with Crippen LogP contribution in [0, 0.1) is 5.95 Å². The highest BCUT2D eigenvalue weighted by Crippen LogP contribution is 2.34. The van der Waals surface area contributed by atoms with Gasteiger partial charge in [0, 0.05) is 29.9 Å². The van der Waals surface area contributed by atoms with Crippen LogP contribution in [-0.2, 0) is 4.74 Å². The van der Waals surface area contributed by atoms with Crippen LogP contribution in [0.4, 0.5) is 10.2 Å². The van der Waals surface area contributed by atoms with Gasteiger partial charge in [0.05, 0.1) is 30.6 Å². The molecule has 146 valence electrons. The summed E-state index contributed by atoms with van der Waals surface area (Å²) in [4.78, 5) is 15.8. The van der Waals surface area contributed by atoms with Crippen LogP contribution in [-0.4, -0.2) is 50.9 Å². The van der Waals surface area contributed by atoms with Crippen LogP contribution in [0.15, 0.2) is 48.8 Å². The summed E-state index contributed by atoms with van der Waals surface area (Å²) in [5.74, 6) is 0.278. The van der Waals surface area contributed by atoms with Gasteiger partial charge in [-0.25, -0.2) is 9.97 Å². The van der Waals surface area contributed by atoms with E-state index >= 15 is 0 Å². The van der Waals surface area contributed by atoms with Crippen molar-refractivity contribution in [2.45, 2.75) is 13.0 Å². The van der Waals surface area contributed by atoms with E-state index in [9.17, 15) is 4.39 Å². The van der Waals surface area contributed by atoms with Crippen LogP contribution in [0.2, 0.25) is 0 Å². The smallest absolute Gasteiger partial charge is 0.213 e. The van der Waals surface area contributed by atoms with E-state index in [0.29, 0.717) is 30.1 Å². The summed E-state index contributed by atoms with van der Waals surface area (Å²) in [6.45, 7) is 4.10. The first-order chi connectivity index (χ1) is 14.2. The highest BCUT2D eigenvalue weighted by molar-refractivity contribution is 6.00. The van der Waals surface area contributed by atoms with Gasteiger partial charge in [0.1, 0.15) is 17.0 Å². The molecule has 1 aliphatic heterocycles. The number of nitrogens with zero attached hydrogens (tertiary/aromatic N) is 5. The predicted octanol–water partition coefficient (Wildman–Crippen LogP) is 3.45. The van der Waals surface area contributed by atoms with Crippen molar-refractivity contribution < 1.29 is 9.13 Å². The minimum absolute atomic E-state index is 0.175. The summed E-state index contributed by atoms with van der Waals surface area (Å²) in [5.41, 5.74) is 3.55. The van der Waals surface area contributed by atoms with Crippen LogP contribution in [0.25, 0.3) is 33.5 Å². The Morgan fingerprint density at radius 3 is 2.90 bits per heavy atom. The van der Waals surface area contributed by atoms with Gasteiger partial charge < -0.3 is 9.64 Å². The van der Waals surface area contributed by atoms with E-state index in [1.54, 1.807) is 24.5 Å². The molecule has 0 spiro atoms. The van der Waals surface area contributed by atoms with E-state index in [0.717, 1.165) is 29.0 Å². The molecular weight excluding hydrogens is 371 g/mol. The Hall–Kier alpha value is -3.39. The molecule has 0 radical (unpaired) electrons. The molecule has 0 aliphatic carbocycles. The van der Waals surface area contributed by atoms with Crippen molar-refractivity contribution in [2.24, 2.45) is 0 Å². The fourth-order valence-corrected chi connectivity index (χ4v) is 3.71. The van der Waals surface area contributed by atoms with Crippen LogP contribution in [0.3, 0.4) is 0 Å². The topological polar surface area (TPSA) is 79.8 Å². The highest BCUT2D eigenvalue weighted by Gasteiger charge is 2.23. The van der Waals surface area contributed by atoms with Gasteiger partial charge in [-0.05, 0) is 37.3 Å². The molecule has 5 heterocycles. The molecule has 1 atom stereocenters. The van der Waals surface area contributed by atoms with Crippen molar-refractivity contribution in [3.8, 4) is 22.6 Å². The number of aromatic amines is 1. The molecule has 1 aliphatic rings. The molecule has 5 rings (SSSR count). The second kappa shape index (κ2) is 7.21. The lowest BCUT2D eigenvalue weighted by Crippen LogP contribution is -2.44. The largest absolute Gasteiger partial charge is 0.377 e. The molecule has 29 heavy (non-hydrogen) atoms. The summed E-state index contributed by atoms with van der Waals surface area (Å²) in [7, 11) is 0. The monoisotopic (exact) mass is 390 g/mol. The van der Waals surface area contributed by atoms with Crippen LogP contribution in [0.5, 0.6) is 0 Å². The number of hydrogen-bond acceptors (Lipinski definition) is 6. The molecule has 0 unspecified atom stereocenters. The standard InChI is InChI=1S/C21H19FN6O/c1-13-12-29-10-9-28(13)19-11-15(16-3-2-4-18(22)25-16)14-5-7-23-21(20(14)26-19)17-6-8-24-27-17/h2-8,11,13H,9-10,12H2,1H3,(H,24,27)/t13-/m1/s1. The van der Waals surface area contributed by atoms with E-state index < -0.39 is 5.95 Å². The summed E-state index contributed by atoms with van der Waals surface area (Å²) >= 11 is 0. The predicted molar refractivity (Wildman–Crippen MR) is 108 cm³/mol. The number of rotatable bonds is 3. The van der Waals surface area contributed by atoms with Crippen molar-refractivity contribution in [2.75, 3.05) is 24.7 Å². The molecule has 1 N–H and O–H groups in total. The maximum Gasteiger partial charge on any atom is 0.213 e. The third kappa shape index (κ3) is 3.21. The number of halogens is 1. The summed E-state index contributed by atoms with van der Waals surface area (Å²) in [6.07, 6.45) is 3.40. The molecule has 1 fully saturated rings. The van der Waals surface area contributed by atoms with Crippen LogP contribution < -0.4 is 4.90 Å². The number of aromatic nitrogens is 5. The third-order valence-corrected chi connectivity index (χ3v) is 5.12. The third-order valence-electron chi connectivity index (χ3n) is 5.12. The van der Waals surface area contributed by atoms with Crippen LogP contribution in [0.1, 0.15) is 6.92 Å². The molecule has 0 saturated carbocycles. The molecule has 0 bridgehead atoms. The minimum atomic E-state index is -0.517. The lowest BCUT2D eigenvalue weighted by molar-refractivity contribution is 0.0986. The molecule has 0 aromatic carbocycles. The molecule has 0 amide bonds. The lowest BCUT2D eigenvalue weighted by Gasteiger charge is -2.34. The Morgan fingerprint density at radius 2 is 2.10 bits per heavy atom. The number of hydrogen-bond donors (Lipinski definition) is 1. The molecule has 8 heteroatoms. The Kier molecular flexibility index (Phi) is 4.40. The highest BCUT2D eigenvalue weighted by atomic mass is 19.1. The second-order valence-electron chi connectivity index (χ2n) is 7.02. The average molecular weight is 390 g/mol. The van der Waals surface area contributed by atoms with E-state index in [1.165, 1.54) is 6.07 Å². The number of fused-ring (bicyclic) bond motifs is 1. The van der Waals surface area contributed by atoms with Gasteiger partial charge in [-0.2, -0.15) is 9.49 Å². The minimum Gasteiger partial charge on any atom is -0.377 e. The van der Waals surface area contributed by atoms with Crippen molar-refractivity contribution in [1.82, 2.24) is 25.1 Å².